The third-order valence-electron chi connectivity index (χ3n) is 5.54. The maximum atomic E-state index is 12.7. The summed E-state index contributed by atoms with van der Waals surface area (Å²) in [4.78, 5) is 19.6. The van der Waals surface area contributed by atoms with Crippen LogP contribution in [0.4, 0.5) is 13.2 Å². The highest BCUT2D eigenvalue weighted by atomic mass is 35.5. The minimum Gasteiger partial charge on any atom is -0.339 e. The molecule has 3 aromatic rings. The van der Waals surface area contributed by atoms with Crippen LogP contribution in [0.25, 0.3) is 21.6 Å². The number of nitrogens with zero attached hydrogens (tertiary/aromatic N) is 2. The van der Waals surface area contributed by atoms with Crippen molar-refractivity contribution >= 4 is 28.8 Å². The Morgan fingerprint density at radius 2 is 1.84 bits per heavy atom. The van der Waals surface area contributed by atoms with Gasteiger partial charge in [-0.15, -0.1) is 11.3 Å². The van der Waals surface area contributed by atoms with Gasteiger partial charge in [0.25, 0.3) is 5.91 Å². The van der Waals surface area contributed by atoms with Gasteiger partial charge in [-0.25, -0.2) is 0 Å². The molecule has 0 N–H and O–H groups in total. The van der Waals surface area contributed by atoms with E-state index in [1.165, 1.54) is 17.5 Å². The van der Waals surface area contributed by atoms with Crippen LogP contribution in [0.1, 0.15) is 41.7 Å². The number of likely N-dealkylation sites (tertiary alicyclic amines) is 1. The number of alkyl halides is 3. The summed E-state index contributed by atoms with van der Waals surface area (Å²) < 4.78 is 37.5. The lowest BCUT2D eigenvalue weighted by Crippen LogP contribution is -2.35. The van der Waals surface area contributed by atoms with Gasteiger partial charge in [0.05, 0.1) is 0 Å². The molecule has 3 nitrogen and oxygen atoms in total. The molecule has 1 amide bonds. The topological polar surface area (TPSA) is 33.2 Å². The van der Waals surface area contributed by atoms with Gasteiger partial charge in [-0.05, 0) is 72.5 Å². The second-order valence-electron chi connectivity index (χ2n) is 7.90. The molecule has 1 saturated heterocycles. The smallest absolute Gasteiger partial charge is 0.339 e. The van der Waals surface area contributed by atoms with E-state index in [2.05, 4.69) is 4.98 Å². The van der Waals surface area contributed by atoms with Gasteiger partial charge in [0, 0.05) is 52.4 Å². The van der Waals surface area contributed by atoms with E-state index in [0.717, 1.165) is 53.9 Å². The van der Waals surface area contributed by atoms with Gasteiger partial charge in [0.15, 0.2) is 0 Å². The number of carbonyl (C=O) groups excluding carboxylic acids is 1. The van der Waals surface area contributed by atoms with Gasteiger partial charge in [0.2, 0.25) is 0 Å². The van der Waals surface area contributed by atoms with Crippen molar-refractivity contribution in [3.8, 4) is 21.6 Å². The van der Waals surface area contributed by atoms with Crippen molar-refractivity contribution in [2.24, 2.45) is 0 Å². The number of aryl methyl sites for hydroxylation is 1. The van der Waals surface area contributed by atoms with Gasteiger partial charge in [-0.2, -0.15) is 13.2 Å². The number of benzene rings is 1. The molecule has 0 unspecified atom stereocenters. The third-order valence-corrected chi connectivity index (χ3v) is 6.83. The van der Waals surface area contributed by atoms with E-state index in [9.17, 15) is 18.0 Å². The second-order valence-corrected chi connectivity index (χ2v) is 9.22. The largest absolute Gasteiger partial charge is 0.389 e. The van der Waals surface area contributed by atoms with E-state index in [1.807, 2.05) is 22.4 Å². The first kappa shape index (κ1) is 22.8. The van der Waals surface area contributed by atoms with Crippen LogP contribution in [0, 0.1) is 0 Å². The van der Waals surface area contributed by atoms with Crippen molar-refractivity contribution < 1.29 is 18.0 Å². The van der Waals surface area contributed by atoms with Gasteiger partial charge < -0.3 is 4.90 Å². The van der Waals surface area contributed by atoms with Crippen LogP contribution in [0.3, 0.4) is 0 Å². The number of aromatic nitrogens is 1. The van der Waals surface area contributed by atoms with Gasteiger partial charge in [-0.3, -0.25) is 9.78 Å². The molecule has 0 spiro atoms. The molecule has 2 aromatic heterocycles. The molecule has 0 bridgehead atoms. The SMILES string of the molecule is O=C(c1ccc(-c2csc(-c3ccnc(CCC(F)(F)F)c3)c2)c(Cl)c1)N1CCCCC1. The lowest BCUT2D eigenvalue weighted by atomic mass is 10.0. The lowest BCUT2D eigenvalue weighted by molar-refractivity contribution is -0.134. The van der Waals surface area contributed by atoms with Crippen molar-refractivity contribution in [1.29, 1.82) is 0 Å². The van der Waals surface area contributed by atoms with Crippen LogP contribution in [0.5, 0.6) is 0 Å². The maximum Gasteiger partial charge on any atom is 0.389 e. The molecule has 0 saturated carbocycles. The molecule has 0 radical (unpaired) electrons. The number of amides is 1. The van der Waals surface area contributed by atoms with Crippen LogP contribution in [0.15, 0.2) is 48.0 Å². The van der Waals surface area contributed by atoms with Gasteiger partial charge in [-0.1, -0.05) is 17.7 Å². The van der Waals surface area contributed by atoms with Crippen LogP contribution in [-0.2, 0) is 6.42 Å². The highest BCUT2D eigenvalue weighted by Crippen LogP contribution is 2.36. The fourth-order valence-electron chi connectivity index (χ4n) is 3.83. The predicted octanol–water partition coefficient (Wildman–Crippen LogP) is 7.25. The van der Waals surface area contributed by atoms with Crippen LogP contribution >= 0.6 is 22.9 Å². The summed E-state index contributed by atoms with van der Waals surface area (Å²) in [6.45, 7) is 1.56. The number of halogens is 4. The molecule has 0 atom stereocenters. The molecule has 1 fully saturated rings. The number of pyridine rings is 1. The Balaban J connectivity index is 1.52. The third kappa shape index (κ3) is 5.51. The number of hydrogen-bond donors (Lipinski definition) is 0. The summed E-state index contributed by atoms with van der Waals surface area (Å²) in [5.41, 5.74) is 3.53. The average molecular weight is 479 g/mol. The lowest BCUT2D eigenvalue weighted by Gasteiger charge is -2.26. The molecule has 1 aliphatic heterocycles. The predicted molar refractivity (Wildman–Crippen MR) is 122 cm³/mol. The Hall–Kier alpha value is -2.38. The standard InChI is InChI=1S/C24H22ClF3N2OS/c25-21-13-17(23(31)30-10-2-1-3-11-30)4-5-20(21)18-14-22(32-15-18)16-7-9-29-19(12-16)6-8-24(26,27)28/h4-5,7,9,12-15H,1-3,6,8,10-11H2. The van der Waals surface area contributed by atoms with Crippen molar-refractivity contribution in [3.63, 3.8) is 0 Å². The molecule has 168 valence electrons. The number of thiophene rings is 1. The van der Waals surface area contributed by atoms with Crippen LogP contribution < -0.4 is 0 Å². The second kappa shape index (κ2) is 9.63. The quantitative estimate of drug-likeness (QED) is 0.387. The minimum absolute atomic E-state index is 0.00679. The molecule has 4 rings (SSSR count). The molecular formula is C24H22ClF3N2OS. The molecule has 1 aliphatic rings. The monoisotopic (exact) mass is 478 g/mol. The highest BCUT2D eigenvalue weighted by molar-refractivity contribution is 7.14. The van der Waals surface area contributed by atoms with Crippen molar-refractivity contribution in [2.45, 2.75) is 38.3 Å². The summed E-state index contributed by atoms with van der Waals surface area (Å²) in [5.74, 6) is 0.00679. The Bertz CT molecular complexity index is 1110. The molecule has 3 heterocycles. The van der Waals surface area contributed by atoms with Crippen molar-refractivity contribution in [3.05, 3.63) is 64.3 Å². The molecule has 0 aliphatic carbocycles. The Kier molecular flexibility index (Phi) is 6.86. The minimum atomic E-state index is -4.20. The summed E-state index contributed by atoms with van der Waals surface area (Å²) in [7, 11) is 0. The Morgan fingerprint density at radius 1 is 1.06 bits per heavy atom. The average Bonchev–Trinajstić information content (AvgIpc) is 3.27. The zero-order valence-electron chi connectivity index (χ0n) is 17.3. The maximum absolute atomic E-state index is 12.7. The summed E-state index contributed by atoms with van der Waals surface area (Å²) in [6.07, 6.45) is -0.485. The summed E-state index contributed by atoms with van der Waals surface area (Å²) >= 11 is 8.02. The van der Waals surface area contributed by atoms with E-state index in [-0.39, 0.29) is 12.3 Å². The number of rotatable bonds is 5. The summed E-state index contributed by atoms with van der Waals surface area (Å²) in [5, 5.41) is 2.45. The van der Waals surface area contributed by atoms with Gasteiger partial charge in [0.1, 0.15) is 0 Å². The van der Waals surface area contributed by atoms with E-state index in [1.54, 1.807) is 24.3 Å². The fraction of sp³-hybridized carbons (Fsp3) is 0.333. The highest BCUT2D eigenvalue weighted by Gasteiger charge is 2.26. The van der Waals surface area contributed by atoms with Crippen LogP contribution in [-0.4, -0.2) is 35.1 Å². The van der Waals surface area contributed by atoms with Gasteiger partial charge >= 0.3 is 6.18 Å². The molecule has 8 heteroatoms. The van der Waals surface area contributed by atoms with E-state index in [0.29, 0.717) is 16.3 Å². The Morgan fingerprint density at radius 3 is 2.56 bits per heavy atom. The number of carbonyl (C=O) groups is 1. The molecular weight excluding hydrogens is 457 g/mol. The first-order chi connectivity index (χ1) is 15.3. The van der Waals surface area contributed by atoms with Crippen LogP contribution in [0.2, 0.25) is 5.02 Å². The normalized spacial score (nSPS) is 14.6. The molecule has 32 heavy (non-hydrogen) atoms. The van der Waals surface area contributed by atoms with Crippen molar-refractivity contribution in [1.82, 2.24) is 9.88 Å². The number of piperidine rings is 1. The number of hydrogen-bond acceptors (Lipinski definition) is 3. The first-order valence-electron chi connectivity index (χ1n) is 10.5. The zero-order chi connectivity index (χ0) is 22.7. The Labute approximate surface area is 193 Å². The molecule has 1 aromatic carbocycles. The van der Waals surface area contributed by atoms with E-state index < -0.39 is 12.6 Å². The first-order valence-corrected chi connectivity index (χ1v) is 11.8. The summed E-state index contributed by atoms with van der Waals surface area (Å²) in [6, 6.07) is 10.8. The zero-order valence-corrected chi connectivity index (χ0v) is 18.9. The van der Waals surface area contributed by atoms with E-state index >= 15 is 0 Å². The van der Waals surface area contributed by atoms with E-state index in [4.69, 9.17) is 11.6 Å². The van der Waals surface area contributed by atoms with Crippen molar-refractivity contribution in [2.75, 3.05) is 13.1 Å². The fourth-order valence-corrected chi connectivity index (χ4v) is 5.03.